The van der Waals surface area contributed by atoms with Gasteiger partial charge in [0.2, 0.25) is 5.95 Å². The molecule has 148 valence electrons. The predicted molar refractivity (Wildman–Crippen MR) is 102 cm³/mol. The van der Waals surface area contributed by atoms with Gasteiger partial charge in [0, 0.05) is 44.3 Å². The first-order valence-corrected chi connectivity index (χ1v) is 9.07. The number of aromatic nitrogens is 2. The van der Waals surface area contributed by atoms with Crippen LogP contribution in [0.2, 0.25) is 0 Å². The standard InChI is InChI=1S/C20H18FN5O3/c21-15-3-1-4-16(11-15)24-20-22-12-14(13-23-20)18(27)25-6-8-26(9-7-25)19(28)17-5-2-10-29-17/h1-5,10-13H,6-9H2,(H,22,23,24). The van der Waals surface area contributed by atoms with Gasteiger partial charge in [-0.2, -0.15) is 0 Å². The first-order valence-electron chi connectivity index (χ1n) is 9.07. The highest BCUT2D eigenvalue weighted by atomic mass is 19.1. The summed E-state index contributed by atoms with van der Waals surface area (Å²) in [6.45, 7) is 1.67. The van der Waals surface area contributed by atoms with Crippen molar-refractivity contribution in [2.75, 3.05) is 31.5 Å². The second kappa shape index (κ2) is 8.09. The largest absolute Gasteiger partial charge is 0.459 e. The molecular weight excluding hydrogens is 377 g/mol. The Morgan fingerprint density at radius 3 is 2.28 bits per heavy atom. The lowest BCUT2D eigenvalue weighted by atomic mass is 10.2. The molecule has 8 nitrogen and oxygen atoms in total. The van der Waals surface area contributed by atoms with Gasteiger partial charge in [-0.25, -0.2) is 14.4 Å². The molecule has 0 aliphatic carbocycles. The quantitative estimate of drug-likeness (QED) is 0.730. The lowest BCUT2D eigenvalue weighted by Gasteiger charge is -2.34. The Hall–Kier alpha value is -3.75. The summed E-state index contributed by atoms with van der Waals surface area (Å²) < 4.78 is 18.4. The van der Waals surface area contributed by atoms with Gasteiger partial charge in [-0.05, 0) is 30.3 Å². The predicted octanol–water partition coefficient (Wildman–Crippen LogP) is 2.55. The minimum atomic E-state index is -0.369. The molecule has 3 heterocycles. The van der Waals surface area contributed by atoms with Gasteiger partial charge < -0.3 is 19.5 Å². The molecule has 1 aromatic carbocycles. The molecule has 1 saturated heterocycles. The fourth-order valence-corrected chi connectivity index (χ4v) is 3.05. The number of rotatable bonds is 4. The van der Waals surface area contributed by atoms with E-state index in [1.807, 2.05) is 0 Å². The van der Waals surface area contributed by atoms with Crippen molar-refractivity contribution >= 4 is 23.5 Å². The fourth-order valence-electron chi connectivity index (χ4n) is 3.05. The molecule has 1 aliphatic heterocycles. The number of furan rings is 1. The van der Waals surface area contributed by atoms with Crippen molar-refractivity contribution < 1.29 is 18.4 Å². The minimum absolute atomic E-state index is 0.182. The molecular formula is C20H18FN5O3. The van der Waals surface area contributed by atoms with Crippen LogP contribution in [0.25, 0.3) is 0 Å². The lowest BCUT2D eigenvalue weighted by Crippen LogP contribution is -2.50. The number of anilines is 2. The van der Waals surface area contributed by atoms with E-state index in [0.717, 1.165) is 0 Å². The highest BCUT2D eigenvalue weighted by Crippen LogP contribution is 2.15. The maximum atomic E-state index is 13.2. The molecule has 2 amide bonds. The average Bonchev–Trinajstić information content (AvgIpc) is 3.28. The Balaban J connectivity index is 1.34. The van der Waals surface area contributed by atoms with Crippen LogP contribution in [0.15, 0.2) is 59.5 Å². The minimum Gasteiger partial charge on any atom is -0.459 e. The summed E-state index contributed by atoms with van der Waals surface area (Å²) in [6, 6.07) is 9.22. The molecule has 4 rings (SSSR count). The van der Waals surface area contributed by atoms with Crippen LogP contribution in [-0.2, 0) is 0 Å². The Bertz CT molecular complexity index is 999. The Morgan fingerprint density at radius 2 is 1.66 bits per heavy atom. The third-order valence-corrected chi connectivity index (χ3v) is 4.57. The highest BCUT2D eigenvalue weighted by molar-refractivity contribution is 5.94. The maximum Gasteiger partial charge on any atom is 0.289 e. The van der Waals surface area contributed by atoms with Gasteiger partial charge in [-0.1, -0.05) is 6.07 Å². The van der Waals surface area contributed by atoms with Crippen LogP contribution >= 0.6 is 0 Å². The topological polar surface area (TPSA) is 91.6 Å². The lowest BCUT2D eigenvalue weighted by molar-refractivity contribution is 0.0517. The van der Waals surface area contributed by atoms with E-state index < -0.39 is 0 Å². The normalized spacial score (nSPS) is 14.0. The zero-order chi connectivity index (χ0) is 20.2. The molecule has 0 unspecified atom stereocenters. The summed E-state index contributed by atoms with van der Waals surface area (Å²) in [4.78, 5) is 36.5. The Labute approximate surface area is 166 Å². The zero-order valence-corrected chi connectivity index (χ0v) is 15.4. The van der Waals surface area contributed by atoms with Crippen molar-refractivity contribution in [3.8, 4) is 0 Å². The van der Waals surface area contributed by atoms with E-state index in [4.69, 9.17) is 4.42 Å². The van der Waals surface area contributed by atoms with Crippen molar-refractivity contribution in [3.63, 3.8) is 0 Å². The average molecular weight is 395 g/mol. The Morgan fingerprint density at radius 1 is 0.966 bits per heavy atom. The van der Waals surface area contributed by atoms with Gasteiger partial charge in [-0.15, -0.1) is 0 Å². The SMILES string of the molecule is O=C(c1cnc(Nc2cccc(F)c2)nc1)N1CCN(C(=O)c2ccco2)CC1. The molecule has 0 radical (unpaired) electrons. The molecule has 1 N–H and O–H groups in total. The second-order valence-corrected chi connectivity index (χ2v) is 6.49. The fraction of sp³-hybridized carbons (Fsp3) is 0.200. The monoisotopic (exact) mass is 395 g/mol. The highest BCUT2D eigenvalue weighted by Gasteiger charge is 2.26. The molecule has 0 spiro atoms. The molecule has 0 atom stereocenters. The van der Waals surface area contributed by atoms with Crippen molar-refractivity contribution in [2.45, 2.75) is 0 Å². The van der Waals surface area contributed by atoms with E-state index in [0.29, 0.717) is 43.2 Å². The van der Waals surface area contributed by atoms with Gasteiger partial charge in [0.15, 0.2) is 5.76 Å². The number of halogens is 1. The molecule has 2 aromatic heterocycles. The molecule has 1 aliphatic rings. The van der Waals surface area contributed by atoms with E-state index >= 15 is 0 Å². The van der Waals surface area contributed by atoms with Crippen LogP contribution in [0.4, 0.5) is 16.0 Å². The van der Waals surface area contributed by atoms with Crippen LogP contribution in [-0.4, -0.2) is 57.8 Å². The third kappa shape index (κ3) is 4.23. The number of nitrogens with zero attached hydrogens (tertiary/aromatic N) is 4. The van der Waals surface area contributed by atoms with Crippen molar-refractivity contribution in [3.05, 3.63) is 72.2 Å². The van der Waals surface area contributed by atoms with Gasteiger partial charge in [0.1, 0.15) is 5.82 Å². The van der Waals surface area contributed by atoms with Crippen LogP contribution in [0.1, 0.15) is 20.9 Å². The summed E-state index contributed by atoms with van der Waals surface area (Å²) in [5, 5.41) is 2.88. The van der Waals surface area contributed by atoms with Crippen LogP contribution in [0.3, 0.4) is 0 Å². The van der Waals surface area contributed by atoms with Gasteiger partial charge >= 0.3 is 0 Å². The number of carbonyl (C=O) groups is 2. The van der Waals surface area contributed by atoms with Crippen molar-refractivity contribution in [2.24, 2.45) is 0 Å². The molecule has 0 saturated carbocycles. The summed E-state index contributed by atoms with van der Waals surface area (Å²) >= 11 is 0. The van der Waals surface area contributed by atoms with E-state index in [1.54, 1.807) is 34.1 Å². The summed E-state index contributed by atoms with van der Waals surface area (Å²) in [7, 11) is 0. The van der Waals surface area contributed by atoms with Crippen molar-refractivity contribution in [1.82, 2.24) is 19.8 Å². The van der Waals surface area contributed by atoms with E-state index in [1.165, 1.54) is 30.8 Å². The summed E-state index contributed by atoms with van der Waals surface area (Å²) in [5.41, 5.74) is 0.863. The molecule has 1 fully saturated rings. The van der Waals surface area contributed by atoms with Crippen molar-refractivity contribution in [1.29, 1.82) is 0 Å². The van der Waals surface area contributed by atoms with E-state index in [-0.39, 0.29) is 23.6 Å². The number of nitrogens with one attached hydrogen (secondary N) is 1. The van der Waals surface area contributed by atoms with Gasteiger partial charge in [0.25, 0.3) is 11.8 Å². The van der Waals surface area contributed by atoms with Crippen LogP contribution in [0, 0.1) is 5.82 Å². The Kier molecular flexibility index (Phi) is 5.19. The van der Waals surface area contributed by atoms with E-state index in [2.05, 4.69) is 15.3 Å². The zero-order valence-electron chi connectivity index (χ0n) is 15.4. The van der Waals surface area contributed by atoms with Crippen LogP contribution in [0.5, 0.6) is 0 Å². The first kappa shape index (κ1) is 18.6. The second-order valence-electron chi connectivity index (χ2n) is 6.49. The first-order chi connectivity index (χ1) is 14.1. The smallest absolute Gasteiger partial charge is 0.289 e. The van der Waals surface area contributed by atoms with Gasteiger partial charge in [-0.3, -0.25) is 9.59 Å². The van der Waals surface area contributed by atoms with E-state index in [9.17, 15) is 14.0 Å². The summed E-state index contributed by atoms with van der Waals surface area (Å²) in [5.74, 6) is -0.197. The number of hydrogen-bond donors (Lipinski definition) is 1. The molecule has 9 heteroatoms. The molecule has 29 heavy (non-hydrogen) atoms. The third-order valence-electron chi connectivity index (χ3n) is 4.57. The molecule has 0 bridgehead atoms. The van der Waals surface area contributed by atoms with Gasteiger partial charge in [0.05, 0.1) is 11.8 Å². The number of carbonyl (C=O) groups excluding carboxylic acids is 2. The number of amides is 2. The maximum absolute atomic E-state index is 13.2. The van der Waals surface area contributed by atoms with Crippen LogP contribution < -0.4 is 5.32 Å². The number of hydrogen-bond acceptors (Lipinski definition) is 6. The number of piperazine rings is 1. The molecule has 3 aromatic rings. The number of benzene rings is 1. The summed E-state index contributed by atoms with van der Waals surface area (Å²) in [6.07, 6.45) is 4.31.